The summed E-state index contributed by atoms with van der Waals surface area (Å²) in [6.07, 6.45) is -6.54. The quantitative estimate of drug-likeness (QED) is 0.737. The summed E-state index contributed by atoms with van der Waals surface area (Å²) in [5.41, 5.74) is 1.07. The molecule has 1 atom stereocenters. The third kappa shape index (κ3) is 3.88. The highest BCUT2D eigenvalue weighted by molar-refractivity contribution is 6.32. The number of alkyl halides is 3. The van der Waals surface area contributed by atoms with Crippen LogP contribution in [0.25, 0.3) is 6.08 Å². The standard InChI is InChI=1S/C19H14ClF3O4/c1-9-3-4-14(10(2)5-9)26-16-8-15-11(7-13(16)20)6-12(18(24)25)17(27-15)19(21,22)23/h3-8,17H,1-2H3,(H,24,25)/t17-/m0/s1. The molecule has 0 spiro atoms. The molecule has 1 N–H and O–H groups in total. The summed E-state index contributed by atoms with van der Waals surface area (Å²) in [7, 11) is 0. The van der Waals surface area contributed by atoms with Crippen LogP contribution in [0.4, 0.5) is 13.2 Å². The first-order valence-electron chi connectivity index (χ1n) is 7.83. The summed E-state index contributed by atoms with van der Waals surface area (Å²) >= 11 is 6.17. The lowest BCUT2D eigenvalue weighted by atomic mass is 10.0. The van der Waals surface area contributed by atoms with Gasteiger partial charge in [-0.3, -0.25) is 0 Å². The lowest BCUT2D eigenvalue weighted by Crippen LogP contribution is -2.40. The molecule has 0 aromatic heterocycles. The van der Waals surface area contributed by atoms with Crippen LogP contribution in [0.15, 0.2) is 35.9 Å². The van der Waals surface area contributed by atoms with Gasteiger partial charge in [0, 0.05) is 11.6 Å². The monoisotopic (exact) mass is 398 g/mol. The SMILES string of the molecule is Cc1ccc(Oc2cc3c(cc2Cl)C=C(C(=O)O)[C@@H](C(F)(F)F)O3)c(C)c1. The molecule has 1 heterocycles. The molecule has 0 bridgehead atoms. The van der Waals surface area contributed by atoms with E-state index in [-0.39, 0.29) is 22.1 Å². The number of carboxylic acid groups (broad SMARTS) is 1. The van der Waals surface area contributed by atoms with Crippen LogP contribution in [0, 0.1) is 13.8 Å². The molecule has 3 rings (SSSR count). The minimum absolute atomic E-state index is 0.107. The number of aliphatic carboxylic acids is 1. The van der Waals surface area contributed by atoms with Gasteiger partial charge in [0.25, 0.3) is 0 Å². The van der Waals surface area contributed by atoms with E-state index in [9.17, 15) is 18.0 Å². The maximum atomic E-state index is 13.2. The second-order valence-corrected chi connectivity index (χ2v) is 6.54. The van der Waals surface area contributed by atoms with E-state index < -0.39 is 23.8 Å². The zero-order chi connectivity index (χ0) is 19.9. The third-order valence-corrected chi connectivity index (χ3v) is 4.29. The van der Waals surface area contributed by atoms with Gasteiger partial charge in [-0.25, -0.2) is 4.79 Å². The van der Waals surface area contributed by atoms with Crippen LogP contribution in [0.1, 0.15) is 16.7 Å². The van der Waals surface area contributed by atoms with Crippen molar-refractivity contribution in [2.75, 3.05) is 0 Å². The van der Waals surface area contributed by atoms with Gasteiger partial charge in [-0.1, -0.05) is 29.3 Å². The molecular weight excluding hydrogens is 385 g/mol. The number of rotatable bonds is 3. The molecule has 2 aromatic carbocycles. The average Bonchev–Trinajstić information content (AvgIpc) is 2.55. The largest absolute Gasteiger partial charge is 0.478 e. The zero-order valence-electron chi connectivity index (χ0n) is 14.2. The second-order valence-electron chi connectivity index (χ2n) is 6.14. The van der Waals surface area contributed by atoms with Crippen LogP contribution in [-0.2, 0) is 4.79 Å². The average molecular weight is 399 g/mol. The molecule has 0 unspecified atom stereocenters. The summed E-state index contributed by atoms with van der Waals surface area (Å²) in [5.74, 6) is -1.27. The molecule has 0 amide bonds. The van der Waals surface area contributed by atoms with E-state index in [1.807, 2.05) is 26.0 Å². The minimum atomic E-state index is -4.88. The van der Waals surface area contributed by atoms with Gasteiger partial charge < -0.3 is 14.6 Å². The van der Waals surface area contributed by atoms with E-state index in [1.54, 1.807) is 6.07 Å². The van der Waals surface area contributed by atoms with Crippen LogP contribution in [-0.4, -0.2) is 23.4 Å². The first-order chi connectivity index (χ1) is 12.6. The summed E-state index contributed by atoms with van der Waals surface area (Å²) < 4.78 is 50.2. The number of aryl methyl sites for hydroxylation is 2. The van der Waals surface area contributed by atoms with Crippen molar-refractivity contribution in [2.45, 2.75) is 26.1 Å². The molecule has 0 radical (unpaired) electrons. The topological polar surface area (TPSA) is 55.8 Å². The van der Waals surface area contributed by atoms with Crippen molar-refractivity contribution in [3.8, 4) is 17.2 Å². The van der Waals surface area contributed by atoms with Crippen molar-refractivity contribution in [1.29, 1.82) is 0 Å². The van der Waals surface area contributed by atoms with Crippen LogP contribution < -0.4 is 9.47 Å². The molecule has 0 saturated heterocycles. The Bertz CT molecular complexity index is 951. The summed E-state index contributed by atoms with van der Waals surface area (Å²) in [4.78, 5) is 11.2. The Hall–Kier alpha value is -2.67. The molecule has 0 saturated carbocycles. The zero-order valence-corrected chi connectivity index (χ0v) is 15.0. The van der Waals surface area contributed by atoms with Crippen molar-refractivity contribution in [2.24, 2.45) is 0 Å². The number of ether oxygens (including phenoxy) is 2. The first-order valence-corrected chi connectivity index (χ1v) is 8.21. The van der Waals surface area contributed by atoms with E-state index >= 15 is 0 Å². The van der Waals surface area contributed by atoms with Crippen molar-refractivity contribution in [1.82, 2.24) is 0 Å². The first kappa shape index (κ1) is 19.1. The second kappa shape index (κ2) is 6.81. The third-order valence-electron chi connectivity index (χ3n) is 4.00. The summed E-state index contributed by atoms with van der Waals surface area (Å²) in [6, 6.07) is 7.98. The lowest BCUT2D eigenvalue weighted by Gasteiger charge is -2.27. The Kier molecular flexibility index (Phi) is 4.82. The molecule has 2 aromatic rings. The van der Waals surface area contributed by atoms with Crippen molar-refractivity contribution in [3.63, 3.8) is 0 Å². The molecule has 0 aliphatic carbocycles. The van der Waals surface area contributed by atoms with Gasteiger partial charge in [0.2, 0.25) is 6.10 Å². The Morgan fingerprint density at radius 3 is 2.48 bits per heavy atom. The molecule has 27 heavy (non-hydrogen) atoms. The van der Waals surface area contributed by atoms with E-state index in [0.717, 1.165) is 17.2 Å². The fourth-order valence-electron chi connectivity index (χ4n) is 2.73. The van der Waals surface area contributed by atoms with Crippen LogP contribution >= 0.6 is 11.6 Å². The van der Waals surface area contributed by atoms with Gasteiger partial charge in [0.1, 0.15) is 17.2 Å². The van der Waals surface area contributed by atoms with Gasteiger partial charge in [0.15, 0.2) is 0 Å². The predicted molar refractivity (Wildman–Crippen MR) is 93.5 cm³/mol. The minimum Gasteiger partial charge on any atom is -0.478 e. The van der Waals surface area contributed by atoms with Crippen LogP contribution in [0.2, 0.25) is 5.02 Å². The Morgan fingerprint density at radius 1 is 1.19 bits per heavy atom. The highest BCUT2D eigenvalue weighted by Gasteiger charge is 2.48. The van der Waals surface area contributed by atoms with Crippen LogP contribution in [0.5, 0.6) is 17.2 Å². The molecule has 0 fully saturated rings. The number of benzene rings is 2. The van der Waals surface area contributed by atoms with Gasteiger partial charge >= 0.3 is 12.1 Å². The fourth-order valence-corrected chi connectivity index (χ4v) is 2.94. The van der Waals surface area contributed by atoms with E-state index in [4.69, 9.17) is 26.2 Å². The van der Waals surface area contributed by atoms with Crippen molar-refractivity contribution in [3.05, 3.63) is 57.6 Å². The number of carbonyl (C=O) groups is 1. The molecule has 8 heteroatoms. The van der Waals surface area contributed by atoms with E-state index in [1.165, 1.54) is 12.1 Å². The Labute approximate surface area is 157 Å². The Balaban J connectivity index is 2.02. The highest BCUT2D eigenvalue weighted by Crippen LogP contribution is 2.42. The number of carboxylic acids is 1. The Morgan fingerprint density at radius 2 is 1.89 bits per heavy atom. The maximum Gasteiger partial charge on any atom is 0.430 e. The van der Waals surface area contributed by atoms with Gasteiger partial charge in [0.05, 0.1) is 10.6 Å². The number of halogens is 4. The lowest BCUT2D eigenvalue weighted by molar-refractivity contribution is -0.187. The maximum absolute atomic E-state index is 13.2. The molecule has 4 nitrogen and oxygen atoms in total. The van der Waals surface area contributed by atoms with E-state index in [0.29, 0.717) is 5.75 Å². The number of fused-ring (bicyclic) bond motifs is 1. The van der Waals surface area contributed by atoms with Gasteiger partial charge in [-0.15, -0.1) is 0 Å². The van der Waals surface area contributed by atoms with Crippen LogP contribution in [0.3, 0.4) is 0 Å². The van der Waals surface area contributed by atoms with Gasteiger partial charge in [-0.2, -0.15) is 13.2 Å². The predicted octanol–water partition coefficient (Wildman–Crippen LogP) is 5.54. The van der Waals surface area contributed by atoms with Crippen molar-refractivity contribution >= 4 is 23.6 Å². The molecule has 1 aliphatic rings. The normalized spacial score (nSPS) is 16.2. The molecule has 1 aliphatic heterocycles. The number of hydrogen-bond donors (Lipinski definition) is 1. The fraction of sp³-hybridized carbons (Fsp3) is 0.211. The summed E-state index contributed by atoms with van der Waals surface area (Å²) in [5, 5.41) is 9.18. The number of hydrogen-bond acceptors (Lipinski definition) is 3. The van der Waals surface area contributed by atoms with Crippen molar-refractivity contribution < 1.29 is 32.5 Å². The van der Waals surface area contributed by atoms with E-state index in [2.05, 4.69) is 0 Å². The summed E-state index contributed by atoms with van der Waals surface area (Å²) in [6.45, 7) is 3.74. The molecule has 142 valence electrons. The van der Waals surface area contributed by atoms with Gasteiger partial charge in [-0.05, 0) is 37.6 Å². The highest BCUT2D eigenvalue weighted by atomic mass is 35.5. The smallest absolute Gasteiger partial charge is 0.430 e. The molecular formula is C19H14ClF3O4.